The average molecular weight is 904 g/mol. The fourth-order valence-corrected chi connectivity index (χ4v) is 8.68. The predicted molar refractivity (Wildman–Crippen MR) is 275 cm³/mol. The van der Waals surface area contributed by atoms with Gasteiger partial charge in [0.15, 0.2) is 6.10 Å². The molecule has 6 heteroatoms. The van der Waals surface area contributed by atoms with E-state index in [1.165, 1.54) is 225 Å². The Morgan fingerprint density at radius 1 is 0.297 bits per heavy atom. The molecule has 0 bridgehead atoms. The van der Waals surface area contributed by atoms with E-state index in [0.717, 1.165) is 57.8 Å². The lowest BCUT2D eigenvalue weighted by Crippen LogP contribution is -2.30. The van der Waals surface area contributed by atoms with Crippen LogP contribution in [0.15, 0.2) is 12.2 Å². The monoisotopic (exact) mass is 903 g/mol. The highest BCUT2D eigenvalue weighted by Gasteiger charge is 2.19. The number of hydrogen-bond acceptors (Lipinski definition) is 6. The van der Waals surface area contributed by atoms with Crippen molar-refractivity contribution in [2.45, 2.75) is 329 Å². The SMILES string of the molecule is CCCCCCCC/C=C\CCCCCCCCCCCC(=O)OC[C@@H](COC(=O)CCCCCCCCCCCCCCC)OC(=O)CCCCCCCCCCCCCCCC. The van der Waals surface area contributed by atoms with E-state index in [2.05, 4.69) is 32.9 Å². The van der Waals surface area contributed by atoms with E-state index in [0.29, 0.717) is 19.3 Å². The summed E-state index contributed by atoms with van der Waals surface area (Å²) in [5.74, 6) is -0.843. The smallest absolute Gasteiger partial charge is 0.306 e. The van der Waals surface area contributed by atoms with Crippen LogP contribution in [0.3, 0.4) is 0 Å². The first-order valence-corrected chi connectivity index (χ1v) is 28.7. The third kappa shape index (κ3) is 51.1. The second-order valence-corrected chi connectivity index (χ2v) is 19.6. The van der Waals surface area contributed by atoms with E-state index in [1.54, 1.807) is 0 Å². The van der Waals surface area contributed by atoms with Crippen LogP contribution < -0.4 is 0 Å². The second-order valence-electron chi connectivity index (χ2n) is 19.6. The minimum Gasteiger partial charge on any atom is -0.462 e. The number of unbranched alkanes of at least 4 members (excludes halogenated alkanes) is 40. The van der Waals surface area contributed by atoms with E-state index >= 15 is 0 Å². The van der Waals surface area contributed by atoms with Crippen LogP contribution in [-0.4, -0.2) is 37.2 Å². The molecule has 378 valence electrons. The summed E-state index contributed by atoms with van der Waals surface area (Å²) in [6, 6.07) is 0. The van der Waals surface area contributed by atoms with Crippen LogP contribution in [-0.2, 0) is 28.6 Å². The van der Waals surface area contributed by atoms with Crippen LogP contribution >= 0.6 is 0 Å². The van der Waals surface area contributed by atoms with Gasteiger partial charge in [-0.3, -0.25) is 14.4 Å². The van der Waals surface area contributed by atoms with Crippen molar-refractivity contribution in [2.24, 2.45) is 0 Å². The lowest BCUT2D eigenvalue weighted by Gasteiger charge is -2.18. The largest absolute Gasteiger partial charge is 0.462 e. The lowest BCUT2D eigenvalue weighted by molar-refractivity contribution is -0.167. The number of rotatable bonds is 53. The molecule has 0 aromatic carbocycles. The lowest BCUT2D eigenvalue weighted by atomic mass is 10.0. The Labute approximate surface area is 399 Å². The summed E-state index contributed by atoms with van der Waals surface area (Å²) in [4.78, 5) is 38.1. The number of hydrogen-bond donors (Lipinski definition) is 0. The van der Waals surface area contributed by atoms with Crippen LogP contribution in [0.5, 0.6) is 0 Å². The molecule has 0 rings (SSSR count). The molecular weight excluding hydrogens is 793 g/mol. The Balaban J connectivity index is 4.28. The molecule has 0 aliphatic heterocycles. The first kappa shape index (κ1) is 62.1. The minimum absolute atomic E-state index is 0.0645. The molecule has 0 heterocycles. The van der Waals surface area contributed by atoms with Gasteiger partial charge in [-0.15, -0.1) is 0 Å². The highest BCUT2D eigenvalue weighted by molar-refractivity contribution is 5.71. The van der Waals surface area contributed by atoms with Gasteiger partial charge < -0.3 is 14.2 Å². The Kier molecular flexibility index (Phi) is 52.2. The molecule has 0 saturated carbocycles. The van der Waals surface area contributed by atoms with Gasteiger partial charge >= 0.3 is 17.9 Å². The van der Waals surface area contributed by atoms with Gasteiger partial charge in [0.1, 0.15) is 13.2 Å². The molecule has 1 atom stereocenters. The quantitative estimate of drug-likeness (QED) is 0.0262. The van der Waals surface area contributed by atoms with E-state index < -0.39 is 6.10 Å². The van der Waals surface area contributed by atoms with Crippen LogP contribution in [0.1, 0.15) is 323 Å². The van der Waals surface area contributed by atoms with Crippen molar-refractivity contribution < 1.29 is 28.6 Å². The van der Waals surface area contributed by atoms with Gasteiger partial charge in [-0.2, -0.15) is 0 Å². The number of esters is 3. The maximum Gasteiger partial charge on any atom is 0.306 e. The highest BCUT2D eigenvalue weighted by Crippen LogP contribution is 2.17. The van der Waals surface area contributed by atoms with Crippen molar-refractivity contribution in [3.8, 4) is 0 Å². The Bertz CT molecular complexity index is 993. The van der Waals surface area contributed by atoms with Crippen LogP contribution in [0, 0.1) is 0 Å². The van der Waals surface area contributed by atoms with Gasteiger partial charge in [-0.1, -0.05) is 270 Å². The van der Waals surface area contributed by atoms with E-state index in [9.17, 15) is 14.4 Å². The molecule has 0 fully saturated rings. The maximum absolute atomic E-state index is 12.8. The minimum atomic E-state index is -0.764. The fourth-order valence-electron chi connectivity index (χ4n) is 8.68. The van der Waals surface area contributed by atoms with E-state index in [4.69, 9.17) is 14.2 Å². The molecule has 0 amide bonds. The second kappa shape index (κ2) is 53.8. The third-order valence-electron chi connectivity index (χ3n) is 13.0. The summed E-state index contributed by atoms with van der Waals surface area (Å²) in [5, 5.41) is 0. The van der Waals surface area contributed by atoms with Crippen molar-refractivity contribution >= 4 is 17.9 Å². The summed E-state index contributed by atoms with van der Waals surface area (Å²) in [6.45, 7) is 6.68. The van der Waals surface area contributed by atoms with Gasteiger partial charge in [0.2, 0.25) is 0 Å². The predicted octanol–water partition coefficient (Wildman–Crippen LogP) is 18.9. The molecule has 0 aromatic heterocycles. The van der Waals surface area contributed by atoms with Gasteiger partial charge in [0.25, 0.3) is 0 Å². The van der Waals surface area contributed by atoms with Crippen molar-refractivity contribution in [1.82, 2.24) is 0 Å². The molecule has 0 spiro atoms. The maximum atomic E-state index is 12.8. The standard InChI is InChI=1S/C58H110O6/c1-4-7-10-13-16-19-22-25-27-28-29-30-31-34-36-39-42-45-48-51-57(60)63-54-55(53-62-56(59)50-47-44-41-38-35-32-24-21-18-15-12-9-6-3)64-58(61)52-49-46-43-40-37-33-26-23-20-17-14-11-8-5-2/h25,27,55H,4-24,26,28-54H2,1-3H3/b27-25-/t55-/m1/s1. The van der Waals surface area contributed by atoms with Gasteiger partial charge in [0, 0.05) is 19.3 Å². The zero-order valence-corrected chi connectivity index (χ0v) is 43.3. The van der Waals surface area contributed by atoms with Crippen molar-refractivity contribution in [2.75, 3.05) is 13.2 Å². The summed E-state index contributed by atoms with van der Waals surface area (Å²) < 4.78 is 16.9. The number of ether oxygens (including phenoxy) is 3. The molecule has 0 aliphatic carbocycles. The average Bonchev–Trinajstić information content (AvgIpc) is 3.29. The number of carbonyl (C=O) groups is 3. The number of allylic oxidation sites excluding steroid dienone is 2. The molecule has 0 aromatic rings. The summed E-state index contributed by atoms with van der Waals surface area (Å²) in [5.41, 5.74) is 0. The molecule has 0 unspecified atom stereocenters. The Hall–Kier alpha value is -1.85. The van der Waals surface area contributed by atoms with Gasteiger partial charge in [-0.25, -0.2) is 0 Å². The molecule has 0 N–H and O–H groups in total. The van der Waals surface area contributed by atoms with Crippen LogP contribution in [0.2, 0.25) is 0 Å². The first-order valence-electron chi connectivity index (χ1n) is 28.7. The van der Waals surface area contributed by atoms with E-state index in [-0.39, 0.29) is 31.1 Å². The van der Waals surface area contributed by atoms with Crippen molar-refractivity contribution in [3.63, 3.8) is 0 Å². The summed E-state index contributed by atoms with van der Waals surface area (Å²) >= 11 is 0. The Morgan fingerprint density at radius 2 is 0.516 bits per heavy atom. The normalized spacial score (nSPS) is 12.0. The van der Waals surface area contributed by atoms with Gasteiger partial charge in [0.05, 0.1) is 0 Å². The molecule has 0 saturated heterocycles. The zero-order valence-electron chi connectivity index (χ0n) is 43.3. The van der Waals surface area contributed by atoms with Crippen molar-refractivity contribution in [1.29, 1.82) is 0 Å². The number of carbonyl (C=O) groups excluding carboxylic acids is 3. The summed E-state index contributed by atoms with van der Waals surface area (Å²) in [6.07, 6.45) is 60.5. The summed E-state index contributed by atoms with van der Waals surface area (Å²) in [7, 11) is 0. The molecule has 64 heavy (non-hydrogen) atoms. The fraction of sp³-hybridized carbons (Fsp3) is 0.914. The molecule has 0 radical (unpaired) electrons. The van der Waals surface area contributed by atoms with Crippen LogP contribution in [0.4, 0.5) is 0 Å². The topological polar surface area (TPSA) is 78.9 Å². The molecule has 0 aliphatic rings. The highest BCUT2D eigenvalue weighted by atomic mass is 16.6. The van der Waals surface area contributed by atoms with E-state index in [1.807, 2.05) is 0 Å². The first-order chi connectivity index (χ1) is 31.5. The third-order valence-corrected chi connectivity index (χ3v) is 13.0. The zero-order chi connectivity index (χ0) is 46.5. The molecular formula is C58H110O6. The Morgan fingerprint density at radius 3 is 0.781 bits per heavy atom. The van der Waals surface area contributed by atoms with Crippen LogP contribution in [0.25, 0.3) is 0 Å². The van der Waals surface area contributed by atoms with Gasteiger partial charge in [-0.05, 0) is 44.9 Å². The van der Waals surface area contributed by atoms with Crippen molar-refractivity contribution in [3.05, 3.63) is 12.2 Å². The molecule has 6 nitrogen and oxygen atoms in total.